The van der Waals surface area contributed by atoms with E-state index in [1.165, 1.54) is 4.88 Å². The van der Waals surface area contributed by atoms with Crippen LogP contribution in [0.25, 0.3) is 0 Å². The van der Waals surface area contributed by atoms with Crippen molar-refractivity contribution in [2.75, 3.05) is 13.1 Å². The summed E-state index contributed by atoms with van der Waals surface area (Å²) in [6.45, 7) is 5.63. The molecule has 0 saturated carbocycles. The van der Waals surface area contributed by atoms with Crippen molar-refractivity contribution in [3.8, 4) is 0 Å². The Kier molecular flexibility index (Phi) is 5.07. The summed E-state index contributed by atoms with van der Waals surface area (Å²) >= 11 is 1.70. The fourth-order valence-corrected chi connectivity index (χ4v) is 1.96. The summed E-state index contributed by atoms with van der Waals surface area (Å²) in [4.78, 5) is 5.52. The number of nitrogens with one attached hydrogen (secondary N) is 1. The molecule has 0 aliphatic carbocycles. The van der Waals surface area contributed by atoms with E-state index in [1.54, 1.807) is 11.3 Å². The second kappa shape index (κ2) is 6.11. The SMILES string of the molecule is CCC(O)CNCCc1scnc1C. The smallest absolute Gasteiger partial charge is 0.0797 e. The highest BCUT2D eigenvalue weighted by molar-refractivity contribution is 7.09. The Balaban J connectivity index is 2.13. The highest BCUT2D eigenvalue weighted by Gasteiger charge is 2.02. The van der Waals surface area contributed by atoms with Crippen LogP contribution in [0.5, 0.6) is 0 Å². The second-order valence-electron chi connectivity index (χ2n) is 3.38. The van der Waals surface area contributed by atoms with Crippen molar-refractivity contribution >= 4 is 11.3 Å². The van der Waals surface area contributed by atoms with Gasteiger partial charge in [-0.1, -0.05) is 6.92 Å². The average Bonchev–Trinajstić information content (AvgIpc) is 2.58. The van der Waals surface area contributed by atoms with Gasteiger partial charge in [-0.05, 0) is 19.8 Å². The van der Waals surface area contributed by atoms with E-state index in [0.29, 0.717) is 6.54 Å². The van der Waals surface area contributed by atoms with Gasteiger partial charge in [0, 0.05) is 18.0 Å². The number of aliphatic hydroxyl groups excluding tert-OH is 1. The first-order valence-corrected chi connectivity index (χ1v) is 5.89. The zero-order valence-corrected chi connectivity index (χ0v) is 9.60. The van der Waals surface area contributed by atoms with E-state index in [9.17, 15) is 5.11 Å². The summed E-state index contributed by atoms with van der Waals surface area (Å²) in [5, 5.41) is 12.5. The Bertz CT molecular complexity index is 262. The maximum absolute atomic E-state index is 9.30. The molecule has 3 nitrogen and oxygen atoms in total. The van der Waals surface area contributed by atoms with Crippen molar-refractivity contribution in [2.45, 2.75) is 32.8 Å². The van der Waals surface area contributed by atoms with Crippen LogP contribution in [0.15, 0.2) is 5.51 Å². The fourth-order valence-electron chi connectivity index (χ4n) is 1.18. The third-order valence-corrected chi connectivity index (χ3v) is 3.22. The minimum Gasteiger partial charge on any atom is -0.392 e. The third kappa shape index (κ3) is 3.74. The first kappa shape index (κ1) is 11.6. The molecule has 0 radical (unpaired) electrons. The summed E-state index contributed by atoms with van der Waals surface area (Å²) in [6.07, 6.45) is 1.61. The van der Waals surface area contributed by atoms with Gasteiger partial charge in [-0.3, -0.25) is 0 Å². The lowest BCUT2D eigenvalue weighted by Crippen LogP contribution is -2.27. The molecule has 1 atom stereocenters. The molecule has 1 aromatic heterocycles. The molecule has 0 aliphatic heterocycles. The molecule has 0 fully saturated rings. The van der Waals surface area contributed by atoms with Crippen molar-refractivity contribution < 1.29 is 5.11 Å². The number of aromatic nitrogens is 1. The summed E-state index contributed by atoms with van der Waals surface area (Å²) in [6, 6.07) is 0. The Morgan fingerprint density at radius 3 is 3.00 bits per heavy atom. The summed E-state index contributed by atoms with van der Waals surface area (Å²) < 4.78 is 0. The molecular weight excluding hydrogens is 196 g/mol. The highest BCUT2D eigenvalue weighted by atomic mass is 32.1. The zero-order chi connectivity index (χ0) is 10.4. The number of nitrogens with zero attached hydrogens (tertiary/aromatic N) is 1. The van der Waals surface area contributed by atoms with Gasteiger partial charge in [-0.25, -0.2) is 4.98 Å². The van der Waals surface area contributed by atoms with Crippen molar-refractivity contribution in [1.29, 1.82) is 0 Å². The van der Waals surface area contributed by atoms with Gasteiger partial charge in [0.05, 0.1) is 17.3 Å². The van der Waals surface area contributed by atoms with Crippen LogP contribution in [0, 0.1) is 6.92 Å². The van der Waals surface area contributed by atoms with Crippen LogP contribution in [0.2, 0.25) is 0 Å². The summed E-state index contributed by atoms with van der Waals surface area (Å²) in [5.41, 5.74) is 3.01. The normalized spacial score (nSPS) is 13.1. The molecule has 0 aliphatic rings. The number of aryl methyl sites for hydroxylation is 1. The van der Waals surface area contributed by atoms with Crippen LogP contribution in [0.3, 0.4) is 0 Å². The third-order valence-electron chi connectivity index (χ3n) is 2.22. The average molecular weight is 214 g/mol. The standard InChI is InChI=1S/C10H18N2OS/c1-3-9(13)6-11-5-4-10-8(2)12-7-14-10/h7,9,11,13H,3-6H2,1-2H3. The number of aliphatic hydroxyl groups is 1. The Morgan fingerprint density at radius 2 is 2.43 bits per heavy atom. The minimum absolute atomic E-state index is 0.211. The largest absolute Gasteiger partial charge is 0.392 e. The molecule has 0 amide bonds. The van der Waals surface area contributed by atoms with Gasteiger partial charge in [0.25, 0.3) is 0 Å². The van der Waals surface area contributed by atoms with Crippen LogP contribution in [0.1, 0.15) is 23.9 Å². The van der Waals surface area contributed by atoms with Gasteiger partial charge >= 0.3 is 0 Å². The first-order chi connectivity index (χ1) is 6.74. The van der Waals surface area contributed by atoms with Gasteiger partial charge < -0.3 is 10.4 Å². The Morgan fingerprint density at radius 1 is 1.64 bits per heavy atom. The van der Waals surface area contributed by atoms with Crippen LogP contribution in [0.4, 0.5) is 0 Å². The van der Waals surface area contributed by atoms with Crippen LogP contribution in [-0.2, 0) is 6.42 Å². The maximum Gasteiger partial charge on any atom is 0.0797 e. The topological polar surface area (TPSA) is 45.1 Å². The predicted molar refractivity (Wildman–Crippen MR) is 59.7 cm³/mol. The molecule has 4 heteroatoms. The number of hydrogen-bond donors (Lipinski definition) is 2. The number of thiazole rings is 1. The van der Waals surface area contributed by atoms with Crippen molar-refractivity contribution in [1.82, 2.24) is 10.3 Å². The second-order valence-corrected chi connectivity index (χ2v) is 4.32. The summed E-state index contributed by atoms with van der Waals surface area (Å²) in [5.74, 6) is 0. The highest BCUT2D eigenvalue weighted by Crippen LogP contribution is 2.11. The quantitative estimate of drug-likeness (QED) is 0.703. The maximum atomic E-state index is 9.30. The van der Waals surface area contributed by atoms with Gasteiger partial charge in [-0.2, -0.15) is 0 Å². The number of rotatable bonds is 6. The van der Waals surface area contributed by atoms with Crippen molar-refractivity contribution in [2.24, 2.45) is 0 Å². The predicted octanol–water partition coefficient (Wildman–Crippen LogP) is 1.35. The van der Waals surface area contributed by atoms with E-state index >= 15 is 0 Å². The van der Waals surface area contributed by atoms with Gasteiger partial charge in [0.1, 0.15) is 0 Å². The summed E-state index contributed by atoms with van der Waals surface area (Å²) in [7, 11) is 0. The monoisotopic (exact) mass is 214 g/mol. The van der Waals surface area contributed by atoms with E-state index in [4.69, 9.17) is 0 Å². The molecule has 0 saturated heterocycles. The zero-order valence-electron chi connectivity index (χ0n) is 8.79. The van der Waals surface area contributed by atoms with Crippen LogP contribution in [-0.4, -0.2) is 29.3 Å². The lowest BCUT2D eigenvalue weighted by atomic mass is 10.2. The van der Waals surface area contributed by atoms with Crippen LogP contribution >= 0.6 is 11.3 Å². The Labute approximate surface area is 89.2 Å². The van der Waals surface area contributed by atoms with Crippen molar-refractivity contribution in [3.63, 3.8) is 0 Å². The minimum atomic E-state index is -0.211. The lowest BCUT2D eigenvalue weighted by Gasteiger charge is -2.08. The van der Waals surface area contributed by atoms with E-state index in [0.717, 1.165) is 25.1 Å². The molecule has 0 aromatic carbocycles. The lowest BCUT2D eigenvalue weighted by molar-refractivity contribution is 0.168. The molecular formula is C10H18N2OS. The molecule has 0 spiro atoms. The first-order valence-electron chi connectivity index (χ1n) is 5.01. The fraction of sp³-hybridized carbons (Fsp3) is 0.700. The molecule has 80 valence electrons. The molecule has 1 heterocycles. The molecule has 0 bridgehead atoms. The van der Waals surface area contributed by atoms with E-state index in [2.05, 4.69) is 10.3 Å². The molecule has 1 rings (SSSR count). The molecule has 14 heavy (non-hydrogen) atoms. The van der Waals surface area contributed by atoms with E-state index in [1.807, 2.05) is 19.4 Å². The molecule has 1 aromatic rings. The number of hydrogen-bond acceptors (Lipinski definition) is 4. The van der Waals surface area contributed by atoms with Crippen molar-refractivity contribution in [3.05, 3.63) is 16.1 Å². The van der Waals surface area contributed by atoms with E-state index < -0.39 is 0 Å². The van der Waals surface area contributed by atoms with E-state index in [-0.39, 0.29) is 6.10 Å². The molecule has 2 N–H and O–H groups in total. The van der Waals surface area contributed by atoms with Gasteiger partial charge in [0.2, 0.25) is 0 Å². The van der Waals surface area contributed by atoms with Crippen LogP contribution < -0.4 is 5.32 Å². The van der Waals surface area contributed by atoms with Gasteiger partial charge in [-0.15, -0.1) is 11.3 Å². The Hall–Kier alpha value is -0.450. The molecule has 1 unspecified atom stereocenters. The van der Waals surface area contributed by atoms with Gasteiger partial charge in [0.15, 0.2) is 0 Å².